The van der Waals surface area contributed by atoms with E-state index in [0.29, 0.717) is 0 Å². The third kappa shape index (κ3) is 12.0. The summed E-state index contributed by atoms with van der Waals surface area (Å²) in [4.78, 5) is 3.89. The van der Waals surface area contributed by atoms with Crippen LogP contribution in [0.3, 0.4) is 0 Å². The third-order valence-electron chi connectivity index (χ3n) is 6.12. The van der Waals surface area contributed by atoms with Crippen molar-refractivity contribution in [3.05, 3.63) is 137 Å². The topological polar surface area (TPSA) is 121 Å². The molecule has 0 heterocycles. The van der Waals surface area contributed by atoms with Crippen molar-refractivity contribution in [2.24, 2.45) is 0 Å². The zero-order chi connectivity index (χ0) is 37.3. The second-order valence-electron chi connectivity index (χ2n) is 9.83. The number of rotatable bonds is 6. The van der Waals surface area contributed by atoms with Gasteiger partial charge in [0.2, 0.25) is 0 Å². The summed E-state index contributed by atoms with van der Waals surface area (Å²) in [6.45, 7) is 2.13. The summed E-state index contributed by atoms with van der Waals surface area (Å²) in [6, 6.07) is 44.8. The van der Waals surface area contributed by atoms with Crippen molar-refractivity contribution in [2.45, 2.75) is 32.6 Å². The number of hydrogen-bond acceptors (Lipinski definition) is 6. The van der Waals surface area contributed by atoms with Gasteiger partial charge in [-0.3, -0.25) is 4.55 Å². The van der Waals surface area contributed by atoms with E-state index in [-0.39, 0.29) is 10.9 Å². The minimum atomic E-state index is -6.09. The van der Waals surface area contributed by atoms with Gasteiger partial charge in [-0.25, -0.2) is 8.42 Å². The van der Waals surface area contributed by atoms with E-state index in [9.17, 15) is 26.3 Å². The largest absolute Gasteiger partial charge is 0.741 e. The van der Waals surface area contributed by atoms with Gasteiger partial charge in [0.25, 0.3) is 0 Å². The highest BCUT2D eigenvalue weighted by atomic mass is 127. The van der Waals surface area contributed by atoms with Crippen molar-refractivity contribution in [3.8, 4) is 22.6 Å². The Kier molecular flexibility index (Phi) is 13.9. The van der Waals surface area contributed by atoms with Gasteiger partial charge in [0, 0.05) is 3.57 Å². The molecule has 0 spiro atoms. The van der Waals surface area contributed by atoms with Crippen molar-refractivity contribution < 1.29 is 57.0 Å². The van der Waals surface area contributed by atoms with Gasteiger partial charge in [0.15, 0.2) is 24.8 Å². The van der Waals surface area contributed by atoms with E-state index in [1.165, 1.54) is 34.9 Å². The Morgan fingerprint density at radius 1 is 0.640 bits per heavy atom. The molecule has 0 saturated carbocycles. The Morgan fingerprint density at radius 2 is 1.02 bits per heavy atom. The third-order valence-corrected chi connectivity index (χ3v) is 10.4. The quantitative estimate of drug-likeness (QED) is 0.0594. The molecule has 7 nitrogen and oxygen atoms in total. The Labute approximate surface area is 300 Å². The van der Waals surface area contributed by atoms with Gasteiger partial charge in [-0.15, -0.1) is 0 Å². The molecule has 0 aliphatic carbocycles. The summed E-state index contributed by atoms with van der Waals surface area (Å²) >= 11 is 2.39. The molecule has 0 radical (unpaired) electrons. The minimum Gasteiger partial charge on any atom is -0.741 e. The molecule has 0 fully saturated rings. The monoisotopic (exact) mass is 870 g/mol. The number of halogens is 7. The second kappa shape index (κ2) is 17.1. The lowest BCUT2D eigenvalue weighted by Crippen LogP contribution is -2.21. The molecule has 0 bridgehead atoms. The molecule has 5 aromatic rings. The van der Waals surface area contributed by atoms with E-state index < -0.39 is 31.3 Å². The molecule has 0 amide bonds. The molecule has 0 aliphatic rings. The fraction of sp³-hybridized carbons (Fsp3) is 0.0909. The van der Waals surface area contributed by atoms with Crippen molar-refractivity contribution in [3.63, 3.8) is 0 Å². The van der Waals surface area contributed by atoms with Crippen LogP contribution < -0.4 is 4.74 Å². The first-order chi connectivity index (χ1) is 23.2. The van der Waals surface area contributed by atoms with Gasteiger partial charge in [0.1, 0.15) is 11.5 Å². The van der Waals surface area contributed by atoms with Crippen LogP contribution in [0, 0.1) is 10.5 Å². The van der Waals surface area contributed by atoms with E-state index in [0.717, 1.165) is 11.5 Å². The smallest absolute Gasteiger partial charge is 0.522 e. The predicted molar refractivity (Wildman–Crippen MR) is 184 cm³/mol. The molecule has 1 N–H and O–H groups in total. The maximum Gasteiger partial charge on any atom is 0.522 e. The highest BCUT2D eigenvalue weighted by molar-refractivity contribution is 14.1. The van der Waals surface area contributed by atoms with Gasteiger partial charge < -0.3 is 9.29 Å². The van der Waals surface area contributed by atoms with Crippen LogP contribution in [0.4, 0.5) is 26.3 Å². The summed E-state index contributed by atoms with van der Waals surface area (Å²) in [5, 5.41) is 0. The lowest BCUT2D eigenvalue weighted by molar-refractivity contribution is -0.0519. The highest BCUT2D eigenvalue weighted by Crippen LogP contribution is 2.34. The van der Waals surface area contributed by atoms with Crippen molar-refractivity contribution in [1.82, 2.24) is 0 Å². The minimum absolute atomic E-state index is 0.154. The molecule has 0 aliphatic heterocycles. The average molecular weight is 871 g/mol. The fourth-order valence-corrected chi connectivity index (χ4v) is 6.59. The molecule has 0 aromatic heterocycles. The van der Waals surface area contributed by atoms with Crippen LogP contribution in [0.25, 0.3) is 11.1 Å². The zero-order valence-corrected chi connectivity index (χ0v) is 30.0. The van der Waals surface area contributed by atoms with Crippen LogP contribution in [0.15, 0.2) is 142 Å². The summed E-state index contributed by atoms with van der Waals surface area (Å²) < 4.78 is 124. The normalized spacial score (nSPS) is 11.9. The van der Waals surface area contributed by atoms with Crippen LogP contribution in [0.2, 0.25) is 0 Å². The van der Waals surface area contributed by atoms with E-state index in [1.54, 1.807) is 0 Å². The van der Waals surface area contributed by atoms with Gasteiger partial charge in [-0.1, -0.05) is 66.2 Å². The van der Waals surface area contributed by atoms with Gasteiger partial charge >= 0.3 is 21.1 Å². The maximum atomic E-state index is 10.7. The van der Waals surface area contributed by atoms with Gasteiger partial charge in [-0.05, 0) is 107 Å². The first kappa shape index (κ1) is 40.8. The molecule has 0 unspecified atom stereocenters. The van der Waals surface area contributed by atoms with E-state index in [2.05, 4.69) is 145 Å². The van der Waals surface area contributed by atoms with Crippen LogP contribution in [0.5, 0.6) is 11.5 Å². The Bertz CT molecular complexity index is 1980. The molecule has 0 atom stereocenters. The number of alkyl halides is 6. The zero-order valence-electron chi connectivity index (χ0n) is 25.4. The molecule has 5 aromatic carbocycles. The standard InChI is InChI=1S/C31H24IOS.2CHF3O3S/c1-23-12-21-31(32)30(22-23)24-13-15-25(16-14-24)33-26-17-19-29(20-18-26)34(27-8-4-2-5-9-27)28-10-6-3-7-11-28;2*2-1(3,4)8(5,6)7/h2-22H,1H3;2*(H,5,6,7)/q+1;;/p-1. The number of benzene rings is 5. The van der Waals surface area contributed by atoms with E-state index in [4.69, 9.17) is 30.7 Å². The number of aryl methyl sites for hydroxylation is 1. The molecule has 17 heteroatoms. The highest BCUT2D eigenvalue weighted by Gasteiger charge is 2.44. The SMILES string of the molecule is Cc1ccc(I)c(-c2ccc(Oc3ccc([S+](c4ccccc4)c4ccccc4)cc3)cc2)c1.O=S(=O)(O)C(F)(F)F.O=S(=O)([O-])C(F)(F)F. The van der Waals surface area contributed by atoms with Crippen LogP contribution in [-0.2, 0) is 31.1 Å². The summed E-state index contributed by atoms with van der Waals surface area (Å²) in [5.74, 6) is 1.68. The molecule has 5 rings (SSSR count). The number of hydrogen-bond donors (Lipinski definition) is 1. The van der Waals surface area contributed by atoms with Crippen molar-refractivity contribution >= 4 is 53.7 Å². The Hall–Kier alpha value is -3.62. The predicted octanol–water partition coefficient (Wildman–Crippen LogP) is 9.60. The first-order valence-electron chi connectivity index (χ1n) is 13.7. The molecule has 0 saturated heterocycles. The Morgan fingerprint density at radius 3 is 1.40 bits per heavy atom. The average Bonchev–Trinajstić information content (AvgIpc) is 3.03. The lowest BCUT2D eigenvalue weighted by atomic mass is 10.0. The van der Waals surface area contributed by atoms with E-state index >= 15 is 0 Å². The lowest BCUT2D eigenvalue weighted by Gasteiger charge is -2.10. The number of ether oxygens (including phenoxy) is 1. The van der Waals surface area contributed by atoms with E-state index in [1.807, 2.05) is 12.1 Å². The summed E-state index contributed by atoms with van der Waals surface area (Å²) in [5.41, 5.74) is -7.46. The second-order valence-corrected chi connectivity index (χ2v) is 15.8. The molecular formula is C33H25F6IO7S3. The maximum absolute atomic E-state index is 10.7. The molecule has 50 heavy (non-hydrogen) atoms. The van der Waals surface area contributed by atoms with Crippen LogP contribution in [0.1, 0.15) is 5.56 Å². The molecule has 266 valence electrons. The van der Waals surface area contributed by atoms with Crippen molar-refractivity contribution in [1.29, 1.82) is 0 Å². The van der Waals surface area contributed by atoms with Crippen LogP contribution in [-0.4, -0.2) is 37.0 Å². The summed E-state index contributed by atoms with van der Waals surface area (Å²) in [6.07, 6.45) is 0. The van der Waals surface area contributed by atoms with Crippen molar-refractivity contribution in [2.75, 3.05) is 0 Å². The van der Waals surface area contributed by atoms with Crippen LogP contribution >= 0.6 is 22.6 Å². The first-order valence-corrected chi connectivity index (χ1v) is 18.9. The Balaban J connectivity index is 0.000000352. The van der Waals surface area contributed by atoms with Gasteiger partial charge in [0.05, 0.1) is 10.9 Å². The molecular weight excluding hydrogens is 845 g/mol. The fourth-order valence-electron chi connectivity index (χ4n) is 3.86. The summed E-state index contributed by atoms with van der Waals surface area (Å²) in [7, 11) is -12.1. The van der Waals surface area contributed by atoms with Gasteiger partial charge in [-0.2, -0.15) is 34.8 Å².